The maximum absolute atomic E-state index is 13.4. The van der Waals surface area contributed by atoms with E-state index >= 15 is 0 Å². The molecule has 5 N–H and O–H groups in total. The average molecular weight is 516 g/mol. The Bertz CT molecular complexity index is 1140. The Balaban J connectivity index is 1.81. The van der Waals surface area contributed by atoms with Crippen LogP contribution in [0, 0.1) is 12.3 Å². The molecule has 11 heteroatoms. The van der Waals surface area contributed by atoms with Crippen molar-refractivity contribution in [3.05, 3.63) is 41.0 Å². The molecule has 0 unspecified atom stereocenters. The Morgan fingerprint density at radius 1 is 1.17 bits per heavy atom. The van der Waals surface area contributed by atoms with Crippen molar-refractivity contribution < 1.29 is 24.3 Å². The number of rotatable bonds is 7. The fraction of sp³-hybridized carbons (Fsp3) is 0.480. The lowest BCUT2D eigenvalue weighted by molar-refractivity contribution is -0.144. The van der Waals surface area contributed by atoms with Crippen molar-refractivity contribution in [3.8, 4) is 10.4 Å². The van der Waals surface area contributed by atoms with Crippen LogP contribution in [0.4, 0.5) is 0 Å². The first-order valence-corrected chi connectivity index (χ1v) is 12.5. The van der Waals surface area contributed by atoms with Crippen molar-refractivity contribution in [1.82, 2.24) is 20.5 Å². The number of nitrogens with one attached hydrogen (secondary N) is 2. The highest BCUT2D eigenvalue weighted by Crippen LogP contribution is 2.29. The van der Waals surface area contributed by atoms with E-state index in [9.17, 15) is 24.3 Å². The summed E-state index contributed by atoms with van der Waals surface area (Å²) in [5, 5.41) is 15.6. The van der Waals surface area contributed by atoms with Gasteiger partial charge in [-0.15, -0.1) is 11.3 Å². The number of aliphatic hydroxyl groups excluding tert-OH is 1. The number of benzene rings is 1. The zero-order chi connectivity index (χ0) is 26.8. The summed E-state index contributed by atoms with van der Waals surface area (Å²) in [5.74, 6) is -2.22. The van der Waals surface area contributed by atoms with Crippen molar-refractivity contribution >= 4 is 35.0 Å². The Morgan fingerprint density at radius 3 is 2.31 bits per heavy atom. The minimum absolute atomic E-state index is 0.00355. The SMILES string of the molecule is CC(=O)N[C@H](C(=O)N1C[C@H](O)C[C@H]1C(=O)N[C@@H](C(N)=O)c1ccc(-c2scnc2C)cc1)C(C)(C)C. The number of aliphatic hydroxyl groups is 1. The minimum atomic E-state index is -1.13. The van der Waals surface area contributed by atoms with E-state index in [1.54, 1.807) is 38.4 Å². The van der Waals surface area contributed by atoms with Crippen molar-refractivity contribution in [2.24, 2.45) is 11.1 Å². The molecule has 1 aliphatic heterocycles. The number of nitrogens with two attached hydrogens (primary N) is 1. The van der Waals surface area contributed by atoms with Crippen molar-refractivity contribution in [3.63, 3.8) is 0 Å². The zero-order valence-corrected chi connectivity index (χ0v) is 21.9. The van der Waals surface area contributed by atoms with Crippen LogP contribution in [0.1, 0.15) is 51.4 Å². The molecule has 0 spiro atoms. The van der Waals surface area contributed by atoms with Gasteiger partial charge in [-0.3, -0.25) is 19.2 Å². The number of thiazole rings is 1. The number of nitrogens with zero attached hydrogens (tertiary/aromatic N) is 2. The molecule has 4 atom stereocenters. The van der Waals surface area contributed by atoms with Gasteiger partial charge in [0.05, 0.1) is 22.2 Å². The molecule has 1 fully saturated rings. The Morgan fingerprint density at radius 2 is 1.81 bits per heavy atom. The van der Waals surface area contributed by atoms with Crippen molar-refractivity contribution in [1.29, 1.82) is 0 Å². The van der Waals surface area contributed by atoms with Crippen LogP contribution in [-0.2, 0) is 19.2 Å². The molecule has 1 aromatic heterocycles. The van der Waals surface area contributed by atoms with Crippen LogP contribution in [0.2, 0.25) is 0 Å². The lowest BCUT2D eigenvalue weighted by Gasteiger charge is -2.35. The molecular weight excluding hydrogens is 482 g/mol. The highest BCUT2D eigenvalue weighted by atomic mass is 32.1. The highest BCUT2D eigenvalue weighted by molar-refractivity contribution is 7.13. The number of hydrogen-bond acceptors (Lipinski definition) is 7. The van der Waals surface area contributed by atoms with E-state index in [1.807, 2.05) is 19.1 Å². The molecule has 36 heavy (non-hydrogen) atoms. The van der Waals surface area contributed by atoms with Crippen LogP contribution in [0.25, 0.3) is 10.4 Å². The number of primary amides is 1. The van der Waals surface area contributed by atoms with Gasteiger partial charge in [-0.05, 0) is 23.5 Å². The fourth-order valence-corrected chi connectivity index (χ4v) is 5.10. The van der Waals surface area contributed by atoms with E-state index in [0.717, 1.165) is 16.1 Å². The summed E-state index contributed by atoms with van der Waals surface area (Å²) in [7, 11) is 0. The van der Waals surface area contributed by atoms with E-state index in [4.69, 9.17) is 5.73 Å². The number of likely N-dealkylation sites (tertiary alicyclic amines) is 1. The predicted molar refractivity (Wildman–Crippen MR) is 136 cm³/mol. The summed E-state index contributed by atoms with van der Waals surface area (Å²) in [6, 6.07) is 4.03. The second kappa shape index (κ2) is 10.8. The highest BCUT2D eigenvalue weighted by Gasteiger charge is 2.44. The van der Waals surface area contributed by atoms with Gasteiger partial charge in [0.1, 0.15) is 18.1 Å². The molecule has 1 aliphatic rings. The maximum Gasteiger partial charge on any atom is 0.246 e. The van der Waals surface area contributed by atoms with Crippen molar-refractivity contribution in [2.75, 3.05) is 6.54 Å². The van der Waals surface area contributed by atoms with Crippen LogP contribution in [0.3, 0.4) is 0 Å². The number of β-amino-alcohol motifs (C(OH)–C–C–N with tert-alkyl or cyclic N) is 1. The predicted octanol–water partition coefficient (Wildman–Crippen LogP) is 1.27. The Kier molecular flexibility index (Phi) is 8.15. The molecule has 4 amide bonds. The monoisotopic (exact) mass is 515 g/mol. The molecule has 194 valence electrons. The number of amides is 4. The standard InChI is InChI=1S/C25H33N5O5S/c1-13-20(36-12-27-13)16-8-6-15(7-9-16)19(22(26)33)29-23(34)18-10-17(32)11-30(18)24(35)21(25(3,4)5)28-14(2)31/h6-9,12,17-19,21,32H,10-11H2,1-5H3,(H2,26,33)(H,28,31)(H,29,34)/t17-,18+,19-,21-/m1/s1. The molecule has 2 heterocycles. The van der Waals surface area contributed by atoms with Crippen LogP contribution in [0.15, 0.2) is 29.8 Å². The van der Waals surface area contributed by atoms with Gasteiger partial charge in [-0.2, -0.15) is 0 Å². The van der Waals surface area contributed by atoms with Gasteiger partial charge in [0, 0.05) is 19.9 Å². The topological polar surface area (TPSA) is 155 Å². The van der Waals surface area contributed by atoms with E-state index in [1.165, 1.54) is 23.2 Å². The molecule has 0 bridgehead atoms. The second-order valence-corrected chi connectivity index (χ2v) is 11.0. The summed E-state index contributed by atoms with van der Waals surface area (Å²) >= 11 is 1.50. The van der Waals surface area contributed by atoms with E-state index < -0.39 is 47.4 Å². The second-order valence-electron chi connectivity index (χ2n) is 10.1. The molecule has 1 aromatic carbocycles. The quantitative estimate of drug-likeness (QED) is 0.435. The maximum atomic E-state index is 13.4. The van der Waals surface area contributed by atoms with Crippen LogP contribution >= 0.6 is 11.3 Å². The first-order chi connectivity index (χ1) is 16.8. The Labute approximate surface area is 214 Å². The van der Waals surface area contributed by atoms with Gasteiger partial charge >= 0.3 is 0 Å². The molecule has 0 radical (unpaired) electrons. The summed E-state index contributed by atoms with van der Waals surface area (Å²) in [5.41, 5.74) is 9.05. The smallest absolute Gasteiger partial charge is 0.246 e. The molecular formula is C25H33N5O5S. The zero-order valence-electron chi connectivity index (χ0n) is 21.1. The van der Waals surface area contributed by atoms with Gasteiger partial charge in [0.15, 0.2) is 0 Å². The summed E-state index contributed by atoms with van der Waals surface area (Å²) in [6.45, 7) is 8.56. The number of hydrogen-bond donors (Lipinski definition) is 4. The molecule has 10 nitrogen and oxygen atoms in total. The normalized spacial score (nSPS) is 19.4. The van der Waals surface area contributed by atoms with E-state index in [2.05, 4.69) is 15.6 Å². The number of aromatic nitrogens is 1. The van der Waals surface area contributed by atoms with Gasteiger partial charge < -0.3 is 26.4 Å². The lowest BCUT2D eigenvalue weighted by Crippen LogP contribution is -2.57. The molecule has 3 rings (SSSR count). The molecule has 0 aliphatic carbocycles. The van der Waals surface area contributed by atoms with Gasteiger partial charge in [-0.1, -0.05) is 45.0 Å². The number of aryl methyl sites for hydroxylation is 1. The first-order valence-electron chi connectivity index (χ1n) is 11.6. The van der Waals surface area contributed by atoms with Gasteiger partial charge in [-0.25, -0.2) is 4.98 Å². The molecule has 1 saturated heterocycles. The van der Waals surface area contributed by atoms with Crippen LogP contribution < -0.4 is 16.4 Å². The lowest BCUT2D eigenvalue weighted by atomic mass is 9.85. The summed E-state index contributed by atoms with van der Waals surface area (Å²) < 4.78 is 0. The average Bonchev–Trinajstić information content (AvgIpc) is 3.40. The van der Waals surface area contributed by atoms with Crippen LogP contribution in [-0.4, -0.2) is 63.4 Å². The fourth-order valence-electron chi connectivity index (χ4n) is 4.29. The van der Waals surface area contributed by atoms with Crippen LogP contribution in [0.5, 0.6) is 0 Å². The summed E-state index contributed by atoms with van der Waals surface area (Å²) in [6.07, 6.45) is -0.916. The minimum Gasteiger partial charge on any atom is -0.391 e. The Hall–Kier alpha value is -3.31. The third kappa shape index (κ3) is 6.08. The van der Waals surface area contributed by atoms with Crippen molar-refractivity contribution in [2.45, 2.75) is 65.3 Å². The third-order valence-corrected chi connectivity index (χ3v) is 7.13. The first kappa shape index (κ1) is 27.3. The van der Waals surface area contributed by atoms with Gasteiger partial charge in [0.25, 0.3) is 0 Å². The number of carbonyl (C=O) groups is 4. The number of carbonyl (C=O) groups excluding carboxylic acids is 4. The van der Waals surface area contributed by atoms with E-state index in [0.29, 0.717) is 5.56 Å². The summed E-state index contributed by atoms with van der Waals surface area (Å²) in [4.78, 5) is 57.2. The van der Waals surface area contributed by atoms with Gasteiger partial charge in [0.2, 0.25) is 23.6 Å². The largest absolute Gasteiger partial charge is 0.391 e. The van der Waals surface area contributed by atoms with E-state index in [-0.39, 0.29) is 18.9 Å². The third-order valence-electron chi connectivity index (χ3n) is 6.15. The molecule has 0 saturated carbocycles. The molecule has 2 aromatic rings.